The summed E-state index contributed by atoms with van der Waals surface area (Å²) in [5, 5.41) is 3.68. The fraction of sp³-hybridized carbons (Fsp3) is 1.00. The molecule has 1 aliphatic rings. The first-order chi connectivity index (χ1) is 6.22. The molecule has 1 heterocycles. The van der Waals surface area contributed by atoms with E-state index in [0.29, 0.717) is 17.0 Å². The van der Waals surface area contributed by atoms with E-state index in [4.69, 9.17) is 0 Å². The van der Waals surface area contributed by atoms with Crippen molar-refractivity contribution in [1.29, 1.82) is 0 Å². The molecule has 1 fully saturated rings. The van der Waals surface area contributed by atoms with Gasteiger partial charge < -0.3 is 5.32 Å². The highest BCUT2D eigenvalue weighted by atomic mass is 15.3. The maximum absolute atomic E-state index is 3.68. The van der Waals surface area contributed by atoms with E-state index in [9.17, 15) is 0 Å². The van der Waals surface area contributed by atoms with Crippen LogP contribution in [0.25, 0.3) is 0 Å². The van der Waals surface area contributed by atoms with Gasteiger partial charge >= 0.3 is 0 Å². The van der Waals surface area contributed by atoms with Gasteiger partial charge in [-0.3, -0.25) is 4.90 Å². The lowest BCUT2D eigenvalue weighted by Crippen LogP contribution is -2.69. The van der Waals surface area contributed by atoms with Crippen LogP contribution in [0.5, 0.6) is 0 Å². The van der Waals surface area contributed by atoms with Crippen LogP contribution in [0.15, 0.2) is 0 Å². The molecule has 0 bridgehead atoms. The summed E-state index contributed by atoms with van der Waals surface area (Å²) in [6.45, 7) is 17.2. The van der Waals surface area contributed by atoms with Gasteiger partial charge in [-0.25, -0.2) is 0 Å². The van der Waals surface area contributed by atoms with E-state index < -0.39 is 0 Å². The summed E-state index contributed by atoms with van der Waals surface area (Å²) in [4.78, 5) is 2.51. The van der Waals surface area contributed by atoms with E-state index in [1.165, 1.54) is 13.1 Å². The van der Waals surface area contributed by atoms with Crippen LogP contribution in [0, 0.1) is 5.41 Å². The van der Waals surface area contributed by atoms with E-state index in [0.717, 1.165) is 6.54 Å². The van der Waals surface area contributed by atoms with Gasteiger partial charge in [-0.05, 0) is 26.2 Å². The maximum Gasteiger partial charge on any atom is 0.0409 e. The molecule has 1 saturated heterocycles. The zero-order valence-electron chi connectivity index (χ0n) is 10.6. The molecular formula is C12H26N2. The Balaban J connectivity index is 2.28. The Morgan fingerprint density at radius 3 is 2.14 bits per heavy atom. The Morgan fingerprint density at radius 2 is 1.79 bits per heavy atom. The molecule has 0 aromatic carbocycles. The summed E-state index contributed by atoms with van der Waals surface area (Å²) in [5.74, 6) is 0. The van der Waals surface area contributed by atoms with Gasteiger partial charge in [0.05, 0.1) is 0 Å². The molecule has 0 unspecified atom stereocenters. The fourth-order valence-electron chi connectivity index (χ4n) is 1.81. The number of nitrogens with zero attached hydrogens (tertiary/aromatic N) is 1. The van der Waals surface area contributed by atoms with Crippen molar-refractivity contribution in [1.82, 2.24) is 10.2 Å². The number of likely N-dealkylation sites (tertiary alicyclic amines) is 1. The van der Waals surface area contributed by atoms with Crippen molar-refractivity contribution >= 4 is 0 Å². The largest absolute Gasteiger partial charge is 0.309 e. The second kappa shape index (κ2) is 3.82. The third-order valence-corrected chi connectivity index (χ3v) is 2.88. The van der Waals surface area contributed by atoms with Gasteiger partial charge in [0.15, 0.2) is 0 Å². The zero-order valence-corrected chi connectivity index (χ0v) is 10.6. The minimum absolute atomic E-state index is 0.359. The van der Waals surface area contributed by atoms with Crippen LogP contribution in [0.3, 0.4) is 0 Å². The topological polar surface area (TPSA) is 15.3 Å². The van der Waals surface area contributed by atoms with Crippen molar-refractivity contribution in [3.05, 3.63) is 0 Å². The Kier molecular flexibility index (Phi) is 3.27. The average molecular weight is 198 g/mol. The first kappa shape index (κ1) is 12.0. The summed E-state index contributed by atoms with van der Waals surface area (Å²) in [6, 6.07) is 0.694. The molecule has 1 aliphatic heterocycles. The summed E-state index contributed by atoms with van der Waals surface area (Å²) < 4.78 is 0. The molecule has 14 heavy (non-hydrogen) atoms. The van der Waals surface area contributed by atoms with Crippen LogP contribution < -0.4 is 5.32 Å². The standard InChI is InChI=1S/C12H26N2/c1-10(2)14-8-12(6,9-14)13-7-11(3,4)5/h10,13H,7-9H2,1-6H3. The monoisotopic (exact) mass is 198 g/mol. The molecule has 2 heteroatoms. The maximum atomic E-state index is 3.68. The molecule has 2 nitrogen and oxygen atoms in total. The van der Waals surface area contributed by atoms with Gasteiger partial charge in [-0.15, -0.1) is 0 Å². The molecule has 0 saturated carbocycles. The first-order valence-electron chi connectivity index (χ1n) is 5.71. The lowest BCUT2D eigenvalue weighted by Gasteiger charge is -2.51. The average Bonchev–Trinajstić information content (AvgIpc) is 1.93. The predicted octanol–water partition coefficient (Wildman–Crippen LogP) is 2.10. The van der Waals surface area contributed by atoms with Gasteiger partial charge in [0.2, 0.25) is 0 Å². The quantitative estimate of drug-likeness (QED) is 0.747. The lowest BCUT2D eigenvalue weighted by molar-refractivity contribution is 0.0232. The second-order valence-electron chi connectivity index (χ2n) is 6.47. The summed E-state index contributed by atoms with van der Waals surface area (Å²) in [6.07, 6.45) is 0. The van der Waals surface area contributed by atoms with Crippen LogP contribution in [0.4, 0.5) is 0 Å². The molecule has 1 rings (SSSR count). The summed E-state index contributed by atoms with van der Waals surface area (Å²) in [5.41, 5.74) is 0.749. The van der Waals surface area contributed by atoms with E-state index in [2.05, 4.69) is 51.8 Å². The normalized spacial score (nSPS) is 22.5. The summed E-state index contributed by atoms with van der Waals surface area (Å²) >= 11 is 0. The highest BCUT2D eigenvalue weighted by Crippen LogP contribution is 2.24. The van der Waals surface area contributed by atoms with Gasteiger partial charge in [0.1, 0.15) is 0 Å². The van der Waals surface area contributed by atoms with Crippen molar-refractivity contribution in [2.75, 3.05) is 19.6 Å². The number of hydrogen-bond donors (Lipinski definition) is 1. The van der Waals surface area contributed by atoms with Crippen molar-refractivity contribution in [3.8, 4) is 0 Å². The SMILES string of the molecule is CC(C)N1CC(C)(NCC(C)(C)C)C1. The van der Waals surface area contributed by atoms with E-state index >= 15 is 0 Å². The van der Waals surface area contributed by atoms with Gasteiger partial charge in [-0.2, -0.15) is 0 Å². The molecular weight excluding hydrogens is 172 g/mol. The van der Waals surface area contributed by atoms with Crippen LogP contribution in [0.2, 0.25) is 0 Å². The van der Waals surface area contributed by atoms with Crippen LogP contribution >= 0.6 is 0 Å². The zero-order chi connectivity index (χ0) is 11.0. The molecule has 1 N–H and O–H groups in total. The molecule has 0 aromatic heterocycles. The van der Waals surface area contributed by atoms with Crippen LogP contribution in [-0.4, -0.2) is 36.1 Å². The van der Waals surface area contributed by atoms with E-state index in [1.807, 2.05) is 0 Å². The third kappa shape index (κ3) is 3.25. The van der Waals surface area contributed by atoms with Gasteiger partial charge in [0.25, 0.3) is 0 Å². The smallest absolute Gasteiger partial charge is 0.0409 e. The van der Waals surface area contributed by atoms with E-state index in [1.54, 1.807) is 0 Å². The highest BCUT2D eigenvalue weighted by molar-refractivity contribution is 5.00. The lowest BCUT2D eigenvalue weighted by atomic mass is 9.88. The summed E-state index contributed by atoms with van der Waals surface area (Å²) in [7, 11) is 0. The molecule has 84 valence electrons. The van der Waals surface area contributed by atoms with Crippen molar-refractivity contribution < 1.29 is 0 Å². The number of hydrogen-bond acceptors (Lipinski definition) is 2. The van der Waals surface area contributed by atoms with Gasteiger partial charge in [0, 0.05) is 31.2 Å². The van der Waals surface area contributed by atoms with Crippen molar-refractivity contribution in [2.45, 2.75) is 53.1 Å². The Hall–Kier alpha value is -0.0800. The first-order valence-corrected chi connectivity index (χ1v) is 5.71. The minimum atomic E-state index is 0.359. The van der Waals surface area contributed by atoms with Crippen LogP contribution in [0.1, 0.15) is 41.5 Å². The number of rotatable bonds is 3. The molecule has 0 radical (unpaired) electrons. The van der Waals surface area contributed by atoms with E-state index in [-0.39, 0.29) is 0 Å². The third-order valence-electron chi connectivity index (χ3n) is 2.88. The van der Waals surface area contributed by atoms with Crippen molar-refractivity contribution in [2.24, 2.45) is 5.41 Å². The Morgan fingerprint density at radius 1 is 1.29 bits per heavy atom. The van der Waals surface area contributed by atoms with Crippen LogP contribution in [-0.2, 0) is 0 Å². The molecule has 0 spiro atoms. The predicted molar refractivity (Wildman–Crippen MR) is 62.6 cm³/mol. The number of nitrogens with one attached hydrogen (secondary N) is 1. The van der Waals surface area contributed by atoms with Gasteiger partial charge in [-0.1, -0.05) is 20.8 Å². The van der Waals surface area contributed by atoms with Crippen molar-refractivity contribution in [3.63, 3.8) is 0 Å². The molecule has 0 aromatic rings. The molecule has 0 aliphatic carbocycles. The minimum Gasteiger partial charge on any atom is -0.309 e. The second-order valence-corrected chi connectivity index (χ2v) is 6.47. The fourth-order valence-corrected chi connectivity index (χ4v) is 1.81. The molecule has 0 amide bonds. The Bertz CT molecular complexity index is 185. The molecule has 0 atom stereocenters. The Labute approximate surface area is 89.1 Å². The highest BCUT2D eigenvalue weighted by Gasteiger charge is 2.39.